The van der Waals surface area contributed by atoms with Crippen molar-refractivity contribution in [2.45, 2.75) is 6.55 Å². The Morgan fingerprint density at radius 3 is 2.25 bits per heavy atom. The van der Waals surface area contributed by atoms with E-state index >= 15 is 0 Å². The minimum absolute atomic E-state index is 0.904. The molecular weight excluding hydrogens is 64.1 g/mol. The maximum atomic E-state index is 3.49. The molecule has 0 fully saturated rings. The summed E-state index contributed by atoms with van der Waals surface area (Å²) >= 11 is 0. The van der Waals surface area contributed by atoms with Crippen LogP contribution in [0.25, 0.3) is 0 Å². The summed E-state index contributed by atoms with van der Waals surface area (Å²) in [6.45, 7) is 5.58. The SMILES string of the molecule is C=C[Si+2]C. The third-order valence-electron chi connectivity index (χ3n) is 0.204. The Morgan fingerprint density at radius 1 is 2.00 bits per heavy atom. The minimum Gasteiger partial charge on any atom is -0.0296 e. The first-order valence-electron chi connectivity index (χ1n) is 1.20. The quantitative estimate of drug-likeness (QED) is 0.402. The van der Waals surface area contributed by atoms with E-state index in [1.165, 1.54) is 0 Å². The van der Waals surface area contributed by atoms with Crippen molar-refractivity contribution >= 4 is 9.52 Å². The van der Waals surface area contributed by atoms with Crippen molar-refractivity contribution in [3.05, 3.63) is 12.3 Å². The maximum Gasteiger partial charge on any atom is 0.942 e. The molecule has 0 saturated heterocycles. The molecule has 0 aromatic heterocycles. The zero-order valence-electron chi connectivity index (χ0n) is 2.78. The van der Waals surface area contributed by atoms with Gasteiger partial charge in [-0.3, -0.25) is 0 Å². The van der Waals surface area contributed by atoms with Crippen molar-refractivity contribution in [3.63, 3.8) is 0 Å². The predicted molar refractivity (Wildman–Crippen MR) is 21.8 cm³/mol. The molecule has 0 aromatic carbocycles. The highest BCUT2D eigenvalue weighted by molar-refractivity contribution is 6.39. The van der Waals surface area contributed by atoms with Gasteiger partial charge in [-0.05, 0) is 6.58 Å². The van der Waals surface area contributed by atoms with Crippen molar-refractivity contribution in [1.29, 1.82) is 0 Å². The molecule has 0 aliphatic carbocycles. The summed E-state index contributed by atoms with van der Waals surface area (Å²) in [5, 5.41) is 0. The Kier molecular flexibility index (Phi) is 2.93. The molecule has 0 atom stereocenters. The lowest BCUT2D eigenvalue weighted by Crippen LogP contribution is -1.61. The van der Waals surface area contributed by atoms with E-state index < -0.39 is 0 Å². The number of rotatable bonds is 1. The number of hydrogen-bond donors (Lipinski definition) is 0. The van der Waals surface area contributed by atoms with Crippen molar-refractivity contribution in [2.24, 2.45) is 0 Å². The highest BCUT2D eigenvalue weighted by Crippen LogP contribution is 1.48. The fraction of sp³-hybridized carbons (Fsp3) is 0.333. The Balaban J connectivity index is 2.30. The van der Waals surface area contributed by atoms with Gasteiger partial charge in [0.05, 0.1) is 0 Å². The Labute approximate surface area is 29.4 Å². The van der Waals surface area contributed by atoms with Crippen LogP contribution in [0, 0.1) is 0 Å². The summed E-state index contributed by atoms with van der Waals surface area (Å²) in [4.78, 5) is 0. The third-order valence-corrected chi connectivity index (χ3v) is 0.612. The van der Waals surface area contributed by atoms with E-state index in [0.29, 0.717) is 0 Å². The summed E-state index contributed by atoms with van der Waals surface area (Å²) in [5.41, 5.74) is 1.90. The molecule has 0 aliphatic rings. The van der Waals surface area contributed by atoms with Crippen LogP contribution in [0.1, 0.15) is 0 Å². The Bertz CT molecular complexity index is 17.2. The van der Waals surface area contributed by atoms with Gasteiger partial charge in [-0.1, -0.05) is 0 Å². The average molecular weight is 70.2 g/mol. The fourth-order valence-electron chi connectivity index (χ4n) is 0. The van der Waals surface area contributed by atoms with Crippen LogP contribution in [-0.4, -0.2) is 9.52 Å². The molecule has 0 N–H and O–H groups in total. The summed E-state index contributed by atoms with van der Waals surface area (Å²) in [6, 6.07) is 0. The molecule has 20 valence electrons. The normalized spacial score (nSPS) is 4.25. The lowest BCUT2D eigenvalue weighted by molar-refractivity contribution is 2.26. The van der Waals surface area contributed by atoms with Gasteiger partial charge >= 0.3 is 9.52 Å². The van der Waals surface area contributed by atoms with Crippen molar-refractivity contribution in [2.75, 3.05) is 0 Å². The molecule has 0 aromatic rings. The monoisotopic (exact) mass is 70.0 g/mol. The van der Waals surface area contributed by atoms with Gasteiger partial charge in [0.15, 0.2) is 0 Å². The summed E-state index contributed by atoms with van der Waals surface area (Å²) < 4.78 is 0. The average Bonchev–Trinajstić information content (AvgIpc) is 1.37. The summed E-state index contributed by atoms with van der Waals surface area (Å²) in [7, 11) is 0.904. The van der Waals surface area contributed by atoms with Gasteiger partial charge in [-0.25, -0.2) is 0 Å². The minimum atomic E-state index is 0.904. The molecule has 0 spiro atoms. The van der Waals surface area contributed by atoms with Crippen LogP contribution < -0.4 is 0 Å². The largest absolute Gasteiger partial charge is 0.942 e. The second-order valence-corrected chi connectivity index (χ2v) is 1.48. The Morgan fingerprint density at radius 2 is 2.25 bits per heavy atom. The van der Waals surface area contributed by atoms with Gasteiger partial charge in [0.1, 0.15) is 0 Å². The van der Waals surface area contributed by atoms with Gasteiger partial charge in [0.2, 0.25) is 6.55 Å². The lowest BCUT2D eigenvalue weighted by atomic mass is 11.3. The van der Waals surface area contributed by atoms with Crippen LogP contribution in [0.15, 0.2) is 12.3 Å². The van der Waals surface area contributed by atoms with Gasteiger partial charge in [-0.2, -0.15) is 0 Å². The predicted octanol–water partition coefficient (Wildman–Crippen LogP) is 0.882. The molecule has 0 bridgehead atoms. The smallest absolute Gasteiger partial charge is 0.0296 e. The van der Waals surface area contributed by atoms with E-state index in [0.717, 1.165) is 9.52 Å². The van der Waals surface area contributed by atoms with Crippen LogP contribution in [0.3, 0.4) is 0 Å². The van der Waals surface area contributed by atoms with E-state index in [2.05, 4.69) is 13.1 Å². The molecule has 1 heteroatoms. The van der Waals surface area contributed by atoms with Crippen LogP contribution in [-0.2, 0) is 0 Å². The van der Waals surface area contributed by atoms with Crippen LogP contribution in [0.2, 0.25) is 6.55 Å². The standard InChI is InChI=1S/C3H6Si/c1-3-4-2/h3H,1H2,2H3/q+2. The van der Waals surface area contributed by atoms with Crippen molar-refractivity contribution in [3.8, 4) is 0 Å². The second kappa shape index (κ2) is 2.96. The van der Waals surface area contributed by atoms with E-state index in [9.17, 15) is 0 Å². The first-order valence-corrected chi connectivity index (χ1v) is 2.77. The van der Waals surface area contributed by atoms with Crippen molar-refractivity contribution in [1.82, 2.24) is 0 Å². The zero-order chi connectivity index (χ0) is 3.41. The molecule has 0 rings (SSSR count). The Hall–Kier alpha value is -0.0431. The molecule has 0 amide bonds. The summed E-state index contributed by atoms with van der Waals surface area (Å²) in [5.74, 6) is 0. The van der Waals surface area contributed by atoms with Crippen LogP contribution in [0.5, 0.6) is 0 Å². The van der Waals surface area contributed by atoms with E-state index in [1.54, 1.807) is 0 Å². The maximum absolute atomic E-state index is 3.49. The third kappa shape index (κ3) is 1.96. The second-order valence-electron chi connectivity index (χ2n) is 0.493. The van der Waals surface area contributed by atoms with Gasteiger partial charge in [0, 0.05) is 0 Å². The van der Waals surface area contributed by atoms with Crippen molar-refractivity contribution < 1.29 is 0 Å². The molecule has 0 nitrogen and oxygen atoms in total. The first-order chi connectivity index (χ1) is 1.91. The van der Waals surface area contributed by atoms with Gasteiger partial charge < -0.3 is 0 Å². The highest BCUT2D eigenvalue weighted by Gasteiger charge is 2.10. The van der Waals surface area contributed by atoms with Crippen LogP contribution in [0.4, 0.5) is 0 Å². The van der Waals surface area contributed by atoms with E-state index in [1.807, 2.05) is 5.70 Å². The summed E-state index contributed by atoms with van der Waals surface area (Å²) in [6.07, 6.45) is 0. The lowest BCUT2D eigenvalue weighted by Gasteiger charge is -1.05. The van der Waals surface area contributed by atoms with E-state index in [4.69, 9.17) is 0 Å². The number of hydrogen-bond acceptors (Lipinski definition) is 0. The van der Waals surface area contributed by atoms with Crippen LogP contribution >= 0.6 is 0 Å². The van der Waals surface area contributed by atoms with Gasteiger partial charge in [0.25, 0.3) is 5.70 Å². The van der Waals surface area contributed by atoms with Gasteiger partial charge in [-0.15, -0.1) is 0 Å². The first kappa shape index (κ1) is 3.96. The fourth-order valence-corrected chi connectivity index (χ4v) is 0. The molecule has 0 aliphatic heterocycles. The highest BCUT2D eigenvalue weighted by atomic mass is 28.2. The zero-order valence-corrected chi connectivity index (χ0v) is 3.78. The van der Waals surface area contributed by atoms with E-state index in [-0.39, 0.29) is 0 Å². The topological polar surface area (TPSA) is 0 Å². The molecule has 0 radical (unpaired) electrons. The molecule has 0 saturated carbocycles. The molecular formula is C3H6Si+2. The molecule has 0 unspecified atom stereocenters. The molecule has 0 heterocycles. The molecule has 4 heavy (non-hydrogen) atoms.